The summed E-state index contributed by atoms with van der Waals surface area (Å²) in [5.74, 6) is -0.0367. The van der Waals surface area contributed by atoms with Gasteiger partial charge in [-0.05, 0) is 62.2 Å². The van der Waals surface area contributed by atoms with Crippen molar-refractivity contribution in [2.75, 3.05) is 6.54 Å². The predicted octanol–water partition coefficient (Wildman–Crippen LogP) is 3.00. The summed E-state index contributed by atoms with van der Waals surface area (Å²) in [6.45, 7) is 6.83. The van der Waals surface area contributed by atoms with Crippen LogP contribution < -0.4 is 16.2 Å². The topological polar surface area (TPSA) is 111 Å². The van der Waals surface area contributed by atoms with Gasteiger partial charge in [0, 0.05) is 12.6 Å². The number of hydrogen-bond acceptors (Lipinski definition) is 4. The summed E-state index contributed by atoms with van der Waals surface area (Å²) in [6.07, 6.45) is 1.24. The van der Waals surface area contributed by atoms with Gasteiger partial charge in [0.1, 0.15) is 5.75 Å². The van der Waals surface area contributed by atoms with Crippen LogP contribution in [0.5, 0.6) is 5.75 Å². The number of benzene rings is 2. The van der Waals surface area contributed by atoms with Crippen LogP contribution in [-0.4, -0.2) is 35.3 Å². The highest BCUT2D eigenvalue weighted by Gasteiger charge is 2.16. The van der Waals surface area contributed by atoms with E-state index in [1.807, 2.05) is 18.7 Å². The van der Waals surface area contributed by atoms with Gasteiger partial charge in [0.2, 0.25) is 5.91 Å². The van der Waals surface area contributed by atoms with Gasteiger partial charge in [-0.2, -0.15) is 0 Å². The molecule has 0 saturated heterocycles. The van der Waals surface area contributed by atoms with E-state index in [0.717, 1.165) is 18.5 Å². The molecule has 1 amide bonds. The summed E-state index contributed by atoms with van der Waals surface area (Å²) in [5.41, 5.74) is 12.5. The van der Waals surface area contributed by atoms with E-state index in [4.69, 9.17) is 16.2 Å². The number of rotatable bonds is 8. The molecule has 0 radical (unpaired) electrons. The van der Waals surface area contributed by atoms with Crippen LogP contribution in [0.25, 0.3) is 0 Å². The molecule has 0 bridgehead atoms. The zero-order valence-electron chi connectivity index (χ0n) is 17.1. The molecule has 7 heteroatoms. The first-order valence-corrected chi connectivity index (χ1v) is 9.60. The fraction of sp³-hybridized carbons (Fsp3) is 0.318. The average molecular weight is 396 g/mol. The van der Waals surface area contributed by atoms with E-state index in [1.165, 1.54) is 0 Å². The largest absolute Gasteiger partial charge is 0.423 e. The van der Waals surface area contributed by atoms with Crippen LogP contribution in [0.15, 0.2) is 53.5 Å². The molecule has 4 N–H and O–H groups in total. The molecule has 0 atom stereocenters. The SMILES string of the molecule is CCCN(C(=O)Cc1ccc(OC(=O)c2ccc(N=C(N)N)cc2)cc1)C(C)C. The molecule has 0 fully saturated rings. The molecule has 0 unspecified atom stereocenters. The van der Waals surface area contributed by atoms with Crippen molar-refractivity contribution in [2.24, 2.45) is 16.5 Å². The van der Waals surface area contributed by atoms with Crippen molar-refractivity contribution in [3.63, 3.8) is 0 Å². The number of nitrogens with zero attached hydrogens (tertiary/aromatic N) is 2. The number of ether oxygens (including phenoxy) is 1. The van der Waals surface area contributed by atoms with Crippen LogP contribution in [-0.2, 0) is 11.2 Å². The molecule has 0 aliphatic heterocycles. The Labute approximate surface area is 171 Å². The number of amides is 1. The van der Waals surface area contributed by atoms with Crippen molar-refractivity contribution in [3.8, 4) is 5.75 Å². The first kappa shape index (κ1) is 21.9. The molecule has 0 aliphatic rings. The van der Waals surface area contributed by atoms with Crippen LogP contribution in [0.2, 0.25) is 0 Å². The van der Waals surface area contributed by atoms with Gasteiger partial charge in [0.25, 0.3) is 0 Å². The molecule has 0 saturated carbocycles. The van der Waals surface area contributed by atoms with Gasteiger partial charge in [-0.3, -0.25) is 4.79 Å². The fourth-order valence-electron chi connectivity index (χ4n) is 2.85. The molecule has 0 aliphatic carbocycles. The Balaban J connectivity index is 1.98. The third-order valence-corrected chi connectivity index (χ3v) is 4.26. The highest BCUT2D eigenvalue weighted by Crippen LogP contribution is 2.18. The van der Waals surface area contributed by atoms with Crippen molar-refractivity contribution in [3.05, 3.63) is 59.7 Å². The van der Waals surface area contributed by atoms with Gasteiger partial charge in [-0.25, -0.2) is 9.79 Å². The zero-order chi connectivity index (χ0) is 21.4. The zero-order valence-corrected chi connectivity index (χ0v) is 17.1. The summed E-state index contributed by atoms with van der Waals surface area (Å²) < 4.78 is 5.39. The molecular formula is C22H28N4O3. The molecule has 7 nitrogen and oxygen atoms in total. The molecule has 29 heavy (non-hydrogen) atoms. The minimum Gasteiger partial charge on any atom is -0.423 e. The number of guanidine groups is 1. The lowest BCUT2D eigenvalue weighted by atomic mass is 10.1. The number of carbonyl (C=O) groups is 2. The maximum atomic E-state index is 12.5. The molecule has 154 valence electrons. The summed E-state index contributed by atoms with van der Waals surface area (Å²) in [4.78, 5) is 30.6. The van der Waals surface area contributed by atoms with E-state index >= 15 is 0 Å². The Kier molecular flexibility index (Phi) is 7.77. The quantitative estimate of drug-likeness (QED) is 0.308. The lowest BCUT2D eigenvalue weighted by molar-refractivity contribution is -0.132. The predicted molar refractivity (Wildman–Crippen MR) is 114 cm³/mol. The van der Waals surface area contributed by atoms with Crippen molar-refractivity contribution in [1.82, 2.24) is 4.90 Å². The Morgan fingerprint density at radius 2 is 1.66 bits per heavy atom. The van der Waals surface area contributed by atoms with Crippen molar-refractivity contribution < 1.29 is 14.3 Å². The smallest absolute Gasteiger partial charge is 0.343 e. The van der Waals surface area contributed by atoms with Crippen LogP contribution in [0.1, 0.15) is 43.1 Å². The minimum atomic E-state index is -0.487. The summed E-state index contributed by atoms with van der Waals surface area (Å²) >= 11 is 0. The van der Waals surface area contributed by atoms with Crippen molar-refractivity contribution >= 4 is 23.5 Å². The van der Waals surface area contributed by atoms with Gasteiger partial charge in [0.05, 0.1) is 17.7 Å². The van der Waals surface area contributed by atoms with Crippen molar-refractivity contribution in [1.29, 1.82) is 0 Å². The third kappa shape index (κ3) is 6.64. The monoisotopic (exact) mass is 396 g/mol. The molecule has 0 aromatic heterocycles. The maximum absolute atomic E-state index is 12.5. The Hall–Kier alpha value is -3.35. The Bertz CT molecular complexity index is 855. The van der Waals surface area contributed by atoms with Gasteiger partial charge in [0.15, 0.2) is 5.96 Å². The van der Waals surface area contributed by atoms with Gasteiger partial charge >= 0.3 is 5.97 Å². The molecule has 2 rings (SSSR count). The first-order valence-electron chi connectivity index (χ1n) is 9.60. The molecular weight excluding hydrogens is 368 g/mol. The lowest BCUT2D eigenvalue weighted by Crippen LogP contribution is -2.38. The van der Waals surface area contributed by atoms with Crippen LogP contribution in [0.3, 0.4) is 0 Å². The second-order valence-electron chi connectivity index (χ2n) is 6.97. The lowest BCUT2D eigenvalue weighted by Gasteiger charge is -2.26. The van der Waals surface area contributed by atoms with Crippen LogP contribution in [0.4, 0.5) is 5.69 Å². The second-order valence-corrected chi connectivity index (χ2v) is 6.97. The summed E-state index contributed by atoms with van der Waals surface area (Å²) in [7, 11) is 0. The van der Waals surface area contributed by atoms with E-state index in [9.17, 15) is 9.59 Å². The number of esters is 1. The normalized spacial score (nSPS) is 10.5. The van der Waals surface area contributed by atoms with Gasteiger partial charge < -0.3 is 21.1 Å². The maximum Gasteiger partial charge on any atom is 0.343 e. The standard InChI is InChI=1S/C22H28N4O3/c1-4-13-26(15(2)3)20(27)14-16-5-11-19(12-6-16)29-21(28)17-7-9-18(10-8-17)25-22(23)24/h5-12,15H,4,13-14H2,1-3H3,(H4,23,24,25). The van der Waals surface area contributed by atoms with E-state index in [0.29, 0.717) is 23.4 Å². The van der Waals surface area contributed by atoms with Gasteiger partial charge in [-0.15, -0.1) is 0 Å². The minimum absolute atomic E-state index is 0.0508. The Morgan fingerprint density at radius 3 is 2.17 bits per heavy atom. The van der Waals surface area contributed by atoms with Crippen LogP contribution in [0, 0.1) is 0 Å². The molecule has 2 aromatic rings. The third-order valence-electron chi connectivity index (χ3n) is 4.26. The second kappa shape index (κ2) is 10.3. The van der Waals surface area contributed by atoms with E-state index < -0.39 is 5.97 Å². The Morgan fingerprint density at radius 1 is 1.03 bits per heavy atom. The highest BCUT2D eigenvalue weighted by molar-refractivity contribution is 5.91. The first-order chi connectivity index (χ1) is 13.8. The molecule has 2 aromatic carbocycles. The number of hydrogen-bond donors (Lipinski definition) is 2. The number of nitrogens with two attached hydrogens (primary N) is 2. The summed E-state index contributed by atoms with van der Waals surface area (Å²) in [5, 5.41) is 0. The van der Waals surface area contributed by atoms with Gasteiger partial charge in [-0.1, -0.05) is 19.1 Å². The molecule has 0 heterocycles. The van der Waals surface area contributed by atoms with E-state index in [1.54, 1.807) is 48.5 Å². The highest BCUT2D eigenvalue weighted by atomic mass is 16.5. The number of aliphatic imine (C=N–C) groups is 1. The van der Waals surface area contributed by atoms with Crippen molar-refractivity contribution in [2.45, 2.75) is 39.7 Å². The summed E-state index contributed by atoms with van der Waals surface area (Å²) in [6, 6.07) is 13.6. The van der Waals surface area contributed by atoms with E-state index in [-0.39, 0.29) is 17.9 Å². The van der Waals surface area contributed by atoms with Crippen LogP contribution >= 0.6 is 0 Å². The number of carbonyl (C=O) groups excluding carboxylic acids is 2. The molecule has 0 spiro atoms. The average Bonchev–Trinajstić information content (AvgIpc) is 2.67. The fourth-order valence-corrected chi connectivity index (χ4v) is 2.85. The van der Waals surface area contributed by atoms with E-state index in [2.05, 4.69) is 11.9 Å².